The van der Waals surface area contributed by atoms with Crippen molar-refractivity contribution in [1.29, 1.82) is 0 Å². The summed E-state index contributed by atoms with van der Waals surface area (Å²) in [5.41, 5.74) is 22.3. The molecule has 10 heterocycles. The summed E-state index contributed by atoms with van der Waals surface area (Å²) in [5, 5.41) is 14.2. The van der Waals surface area contributed by atoms with Gasteiger partial charge >= 0.3 is 0 Å². The van der Waals surface area contributed by atoms with E-state index in [0.29, 0.717) is 101 Å². The molecule has 608 valence electrons. The van der Waals surface area contributed by atoms with Crippen LogP contribution in [-0.4, -0.2) is 209 Å². The van der Waals surface area contributed by atoms with Crippen LogP contribution in [0.1, 0.15) is 233 Å². The van der Waals surface area contributed by atoms with Crippen molar-refractivity contribution in [2.24, 2.45) is 22.9 Å². The quantitative estimate of drug-likeness (QED) is 0.0230. The zero-order valence-electron chi connectivity index (χ0n) is 65.5. The molecule has 12 N–H and O–H groups in total. The molecule has 0 radical (unpaired) electrons. The molecular formula is C79H111N23O11. The summed E-state index contributed by atoms with van der Waals surface area (Å²) in [7, 11) is 5.73. The molecule has 34 heteroatoms. The number of amides is 5. The number of hydrogen-bond acceptors (Lipinski definition) is 25. The number of methoxy groups -OCH3 is 1. The zero-order valence-corrected chi connectivity index (χ0v) is 65.5. The minimum Gasteiger partial charge on any atom is -0.385 e. The van der Waals surface area contributed by atoms with Crippen molar-refractivity contribution < 1.29 is 33.4 Å². The van der Waals surface area contributed by atoms with Gasteiger partial charge in [0.05, 0.1) is 34.8 Å². The summed E-state index contributed by atoms with van der Waals surface area (Å²) < 4.78 is 18.2. The van der Waals surface area contributed by atoms with E-state index in [1.54, 1.807) is 31.9 Å². The van der Waals surface area contributed by atoms with Crippen molar-refractivity contribution >= 4 is 97.5 Å². The maximum absolute atomic E-state index is 12.7. The number of aromatic nitrogens is 12. The molecule has 14 rings (SSSR count). The third kappa shape index (κ3) is 21.9. The second-order valence-electron chi connectivity index (χ2n) is 30.3. The van der Waals surface area contributed by atoms with Crippen LogP contribution in [0.4, 0.5) is 23.8 Å². The summed E-state index contributed by atoms with van der Waals surface area (Å²) in [5.74, 6) is -0.756. The van der Waals surface area contributed by atoms with E-state index in [1.165, 1.54) is 50.5 Å². The standard InChI is InChI=1S/C21H28N6O3.C21H30N6O3.C19H28N6O2.C18H25N5O3/c22-19(30)16-13-27(14-6-2-1-3-7-14)20-15(18(16)29)12-24-21(25-20)23-9-5-11-26-10-4-8-17(26)28;22-19(29)17-14-27(15-5-2-1-3-6-15)20-16(18(17)28)13-24-21(25-20)23-7-4-8-26-9-11-30-12-10-26;1-24(2)10-6-9-21-19-22-11-14-16(26)15(17(20)27)12-25(18(14)23-19)13-7-4-3-5-8-13;1-26-9-5-8-20-18-21-10-13-15(24)14(16(19)25)11-23(17(13)22-18)12-6-3-2-4-7-12/h12-14H,1-11H2,(H2,22,30)(H,23,24,25);13-15H,1-12H2,(H2,22,29)(H,23,24,25);11-13H,3-10H2,1-2H3,(H2,20,27)(H,21,22,23);10-12H,2-9H2,1H3,(H2,19,25)(H,20,21,22). The average molecular weight is 1560 g/mol. The highest BCUT2D eigenvalue weighted by molar-refractivity contribution is 5.98. The lowest BCUT2D eigenvalue weighted by molar-refractivity contribution is -0.127. The molecule has 4 aliphatic carbocycles. The lowest BCUT2D eigenvalue weighted by atomic mass is 9.95. The predicted molar refractivity (Wildman–Crippen MR) is 434 cm³/mol. The molecule has 6 aliphatic rings. The number of nitrogens with one attached hydrogen (secondary N) is 4. The van der Waals surface area contributed by atoms with Gasteiger partial charge in [-0.3, -0.25) is 48.1 Å². The Hall–Kier alpha value is -10.5. The number of fused-ring (bicyclic) bond motifs is 4. The average Bonchev–Trinajstić information content (AvgIpc) is 0.917. The molecule has 0 atom stereocenters. The van der Waals surface area contributed by atoms with Gasteiger partial charge in [0.25, 0.3) is 23.6 Å². The third-order valence-corrected chi connectivity index (χ3v) is 22.0. The van der Waals surface area contributed by atoms with Crippen molar-refractivity contribution in [1.82, 2.24) is 72.8 Å². The van der Waals surface area contributed by atoms with Crippen molar-refractivity contribution in [3.05, 3.63) is 113 Å². The Balaban J connectivity index is 0.000000149. The van der Waals surface area contributed by atoms with Crippen LogP contribution in [-0.2, 0) is 14.3 Å². The number of nitrogens with zero attached hydrogens (tertiary/aromatic N) is 15. The van der Waals surface area contributed by atoms with Crippen LogP contribution >= 0.6 is 0 Å². The summed E-state index contributed by atoms with van der Waals surface area (Å²) in [6.45, 7) is 10.5. The van der Waals surface area contributed by atoms with E-state index >= 15 is 0 Å². The van der Waals surface area contributed by atoms with E-state index in [1.807, 2.05) is 37.3 Å². The van der Waals surface area contributed by atoms with E-state index in [2.05, 4.69) is 70.9 Å². The summed E-state index contributed by atoms with van der Waals surface area (Å²) >= 11 is 0. The summed E-state index contributed by atoms with van der Waals surface area (Å²) in [6.07, 6.45) is 39.2. The second kappa shape index (κ2) is 40.8. The SMILES string of the molecule is CN(C)CCCNc1ncc2c(=O)c(C(N)=O)cn(C3CCCCC3)c2n1.COCCCNc1ncc2c(=O)c(C(N)=O)cn(C3CCCCC3)c2n1.NC(=O)c1cn(C2CCCCC2)c2nc(NCCCN3CCCC3=O)ncc2c1=O.NC(=O)c1cn(C2CCCCC2)c2nc(NCCCN3CCOCC3)ncc2c1=O. The highest BCUT2D eigenvalue weighted by atomic mass is 16.5. The third-order valence-electron chi connectivity index (χ3n) is 22.0. The van der Waals surface area contributed by atoms with Gasteiger partial charge in [-0.1, -0.05) is 77.0 Å². The molecule has 8 aromatic rings. The monoisotopic (exact) mass is 1560 g/mol. The smallest absolute Gasteiger partial charge is 0.254 e. The predicted octanol–water partition coefficient (Wildman–Crippen LogP) is 6.95. The number of anilines is 4. The van der Waals surface area contributed by atoms with Crippen LogP contribution in [0.15, 0.2) is 68.8 Å². The first-order chi connectivity index (χ1) is 54.8. The Morgan fingerprint density at radius 1 is 0.434 bits per heavy atom. The molecule has 2 saturated heterocycles. The first kappa shape index (κ1) is 83.5. The normalized spacial score (nSPS) is 16.8. The van der Waals surface area contributed by atoms with Gasteiger partial charge in [0.2, 0.25) is 51.4 Å². The molecule has 0 spiro atoms. The fraction of sp³-hybridized carbons (Fsp3) is 0.582. The van der Waals surface area contributed by atoms with Gasteiger partial charge in [0.15, 0.2) is 0 Å². The number of hydrogen-bond donors (Lipinski definition) is 8. The first-order valence-electron chi connectivity index (χ1n) is 40.3. The van der Waals surface area contributed by atoms with Gasteiger partial charge < -0.3 is 81.7 Å². The lowest BCUT2D eigenvalue weighted by Crippen LogP contribution is -2.37. The van der Waals surface area contributed by atoms with Crippen LogP contribution in [0.2, 0.25) is 0 Å². The van der Waals surface area contributed by atoms with Gasteiger partial charge in [-0.25, -0.2) is 19.9 Å². The molecule has 0 unspecified atom stereocenters. The number of likely N-dealkylation sites (tertiary alicyclic amines) is 1. The van der Waals surface area contributed by atoms with Crippen LogP contribution in [0.5, 0.6) is 0 Å². The number of ether oxygens (including phenoxy) is 2. The Labute approximate surface area is 655 Å². The summed E-state index contributed by atoms with van der Waals surface area (Å²) in [6, 6.07) is 0.825. The van der Waals surface area contributed by atoms with E-state index < -0.39 is 45.3 Å². The highest BCUT2D eigenvalue weighted by Crippen LogP contribution is 2.35. The van der Waals surface area contributed by atoms with E-state index in [-0.39, 0.29) is 52.3 Å². The number of carbonyl (C=O) groups excluding carboxylic acids is 5. The van der Waals surface area contributed by atoms with Gasteiger partial charge in [-0.05, 0) is 111 Å². The van der Waals surface area contributed by atoms with Crippen molar-refractivity contribution in [2.45, 2.75) is 191 Å². The largest absolute Gasteiger partial charge is 0.385 e. The van der Waals surface area contributed by atoms with E-state index in [4.69, 9.17) is 32.4 Å². The van der Waals surface area contributed by atoms with Crippen molar-refractivity contribution in [3.63, 3.8) is 0 Å². The molecule has 34 nitrogen and oxygen atoms in total. The number of pyridine rings is 4. The molecule has 6 fully saturated rings. The number of primary amides is 4. The molecule has 8 aromatic heterocycles. The van der Waals surface area contributed by atoms with Crippen LogP contribution in [0.3, 0.4) is 0 Å². The number of rotatable bonds is 28. The van der Waals surface area contributed by atoms with Gasteiger partial charge in [0, 0.05) is 146 Å². The number of carbonyl (C=O) groups is 5. The van der Waals surface area contributed by atoms with Crippen molar-refractivity contribution in [3.8, 4) is 0 Å². The van der Waals surface area contributed by atoms with Crippen LogP contribution in [0.25, 0.3) is 44.1 Å². The number of morpholine rings is 1. The second-order valence-corrected chi connectivity index (χ2v) is 30.3. The Kier molecular flexibility index (Phi) is 30.2. The van der Waals surface area contributed by atoms with Gasteiger partial charge in [0.1, 0.15) is 44.8 Å². The fourth-order valence-electron chi connectivity index (χ4n) is 15.9. The topological polar surface area (TPSA) is 457 Å². The van der Waals surface area contributed by atoms with Crippen molar-refractivity contribution in [2.75, 3.05) is 128 Å². The molecule has 0 aromatic carbocycles. The van der Waals surface area contributed by atoms with Gasteiger partial charge in [-0.2, -0.15) is 19.9 Å². The maximum atomic E-state index is 12.7. The number of nitrogens with two attached hydrogens (primary N) is 4. The van der Waals surface area contributed by atoms with Crippen LogP contribution < -0.4 is 65.9 Å². The van der Waals surface area contributed by atoms with E-state index in [9.17, 15) is 43.2 Å². The zero-order chi connectivity index (χ0) is 79.9. The molecule has 4 saturated carbocycles. The minimum atomic E-state index is -0.731. The minimum absolute atomic E-state index is 0.00268. The van der Waals surface area contributed by atoms with Gasteiger partial charge in [-0.15, -0.1) is 0 Å². The molecule has 2 aliphatic heterocycles. The maximum Gasteiger partial charge on any atom is 0.254 e. The lowest BCUT2D eigenvalue weighted by Gasteiger charge is -2.26. The molecule has 5 amide bonds. The Bertz CT molecular complexity index is 4880. The summed E-state index contributed by atoms with van der Waals surface area (Å²) in [4.78, 5) is 151. The molecule has 0 bridgehead atoms. The first-order valence-corrected chi connectivity index (χ1v) is 40.3. The highest BCUT2D eigenvalue weighted by Gasteiger charge is 2.28. The molecule has 113 heavy (non-hydrogen) atoms. The Morgan fingerprint density at radius 3 is 1.04 bits per heavy atom. The van der Waals surface area contributed by atoms with E-state index in [0.717, 1.165) is 194 Å². The Morgan fingerprint density at radius 2 is 0.743 bits per heavy atom. The molecular weight excluding hydrogens is 1450 g/mol. The van der Waals surface area contributed by atoms with Crippen LogP contribution in [0, 0.1) is 0 Å². The fourth-order valence-corrected chi connectivity index (χ4v) is 15.9.